The topological polar surface area (TPSA) is 91.8 Å². The van der Waals surface area contributed by atoms with Crippen molar-refractivity contribution in [2.75, 3.05) is 0 Å². The number of aromatic nitrogens is 3. The van der Waals surface area contributed by atoms with Crippen LogP contribution in [0.25, 0.3) is 10.9 Å². The van der Waals surface area contributed by atoms with E-state index >= 15 is 0 Å². The second kappa shape index (κ2) is 5.54. The van der Waals surface area contributed by atoms with Crippen LogP contribution in [-0.2, 0) is 6.54 Å². The number of aryl methyl sites for hydroxylation is 2. The molecule has 0 radical (unpaired) electrons. The Morgan fingerprint density at radius 3 is 2.78 bits per heavy atom. The average Bonchev–Trinajstić information content (AvgIpc) is 2.90. The fourth-order valence-electron chi connectivity index (χ4n) is 2.64. The quantitative estimate of drug-likeness (QED) is 0.803. The summed E-state index contributed by atoms with van der Waals surface area (Å²) in [6.07, 6.45) is 3.22. The zero-order valence-corrected chi connectivity index (χ0v) is 12.7. The molecule has 0 unspecified atom stereocenters. The number of carboxylic acids is 1. The van der Waals surface area contributed by atoms with Gasteiger partial charge in [0, 0.05) is 17.8 Å². The van der Waals surface area contributed by atoms with Gasteiger partial charge >= 0.3 is 5.97 Å². The van der Waals surface area contributed by atoms with Crippen LogP contribution in [0.4, 0.5) is 0 Å². The van der Waals surface area contributed by atoms with Gasteiger partial charge in [-0.1, -0.05) is 6.07 Å². The number of hydrogen-bond donors (Lipinski definition) is 1. The van der Waals surface area contributed by atoms with Gasteiger partial charge in [0.2, 0.25) is 0 Å². The Kier molecular flexibility index (Phi) is 3.54. The Morgan fingerprint density at radius 1 is 1.35 bits per heavy atom. The smallest absolute Gasteiger partial charge is 0.340 e. The van der Waals surface area contributed by atoms with Crippen LogP contribution < -0.4 is 0 Å². The van der Waals surface area contributed by atoms with Crippen molar-refractivity contribution in [3.63, 3.8) is 0 Å². The van der Waals surface area contributed by atoms with Gasteiger partial charge in [-0.25, -0.2) is 4.79 Å². The largest absolute Gasteiger partial charge is 0.478 e. The highest BCUT2D eigenvalue weighted by Gasteiger charge is 2.15. The Hall–Kier alpha value is -3.20. The second-order valence-corrected chi connectivity index (χ2v) is 5.50. The lowest BCUT2D eigenvalue weighted by atomic mass is 10.0. The highest BCUT2D eigenvalue weighted by Crippen LogP contribution is 2.20. The molecule has 114 valence electrons. The fraction of sp³-hybridized carbons (Fsp3) is 0.176. The minimum Gasteiger partial charge on any atom is -0.478 e. The van der Waals surface area contributed by atoms with E-state index in [2.05, 4.69) is 16.1 Å². The maximum atomic E-state index is 11.1. The number of nitriles is 1. The fourth-order valence-corrected chi connectivity index (χ4v) is 2.64. The zero-order valence-electron chi connectivity index (χ0n) is 12.7. The first kappa shape index (κ1) is 14.7. The molecule has 0 saturated carbocycles. The first-order chi connectivity index (χ1) is 11.0. The van der Waals surface area contributed by atoms with Crippen LogP contribution in [0, 0.1) is 25.2 Å². The summed E-state index contributed by atoms with van der Waals surface area (Å²) in [6, 6.07) is 7.88. The van der Waals surface area contributed by atoms with Crippen molar-refractivity contribution in [1.29, 1.82) is 5.26 Å². The molecular weight excluding hydrogens is 292 g/mol. The molecule has 0 aliphatic rings. The predicted octanol–water partition coefficient (Wildman–Crippen LogP) is 2.67. The van der Waals surface area contributed by atoms with E-state index in [0.717, 1.165) is 27.6 Å². The van der Waals surface area contributed by atoms with Gasteiger partial charge in [-0.05, 0) is 42.7 Å². The summed E-state index contributed by atoms with van der Waals surface area (Å²) in [5.41, 5.74) is 3.89. The number of rotatable bonds is 3. The van der Waals surface area contributed by atoms with E-state index in [1.54, 1.807) is 0 Å². The maximum Gasteiger partial charge on any atom is 0.340 e. The molecule has 0 spiro atoms. The first-order valence-electron chi connectivity index (χ1n) is 7.04. The Balaban J connectivity index is 2.02. The van der Waals surface area contributed by atoms with Crippen molar-refractivity contribution in [2.24, 2.45) is 0 Å². The van der Waals surface area contributed by atoms with E-state index in [9.17, 15) is 4.79 Å². The first-order valence-corrected chi connectivity index (χ1v) is 7.04. The van der Waals surface area contributed by atoms with Gasteiger partial charge < -0.3 is 5.11 Å². The van der Waals surface area contributed by atoms with Crippen LogP contribution in [0.2, 0.25) is 0 Å². The number of pyridine rings is 1. The Bertz CT molecular complexity index is 967. The van der Waals surface area contributed by atoms with Crippen molar-refractivity contribution in [2.45, 2.75) is 20.4 Å². The van der Waals surface area contributed by atoms with Crippen LogP contribution in [0.15, 0.2) is 30.6 Å². The third-order valence-corrected chi connectivity index (χ3v) is 3.61. The van der Waals surface area contributed by atoms with Gasteiger partial charge in [-0.15, -0.1) is 0 Å². The molecule has 0 atom stereocenters. The highest BCUT2D eigenvalue weighted by molar-refractivity contribution is 5.89. The number of aromatic carboxylic acids is 1. The van der Waals surface area contributed by atoms with Gasteiger partial charge in [0.15, 0.2) is 5.69 Å². The predicted molar refractivity (Wildman–Crippen MR) is 84.2 cm³/mol. The Morgan fingerprint density at radius 2 is 2.13 bits per heavy atom. The van der Waals surface area contributed by atoms with Gasteiger partial charge in [-0.2, -0.15) is 10.4 Å². The zero-order chi connectivity index (χ0) is 16.6. The number of carboxylic acid groups (broad SMARTS) is 1. The molecular formula is C17H14N4O2. The van der Waals surface area contributed by atoms with E-state index in [-0.39, 0.29) is 11.3 Å². The molecule has 0 bridgehead atoms. The van der Waals surface area contributed by atoms with Crippen molar-refractivity contribution in [3.8, 4) is 6.07 Å². The minimum absolute atomic E-state index is 0.0764. The molecule has 1 N–H and O–H groups in total. The van der Waals surface area contributed by atoms with Crippen LogP contribution in [0.3, 0.4) is 0 Å². The summed E-state index contributed by atoms with van der Waals surface area (Å²) in [5, 5.41) is 23.1. The van der Waals surface area contributed by atoms with E-state index in [4.69, 9.17) is 10.4 Å². The molecule has 3 rings (SSSR count). The number of fused-ring (bicyclic) bond motifs is 1. The van der Waals surface area contributed by atoms with E-state index in [0.29, 0.717) is 6.54 Å². The molecule has 23 heavy (non-hydrogen) atoms. The molecule has 1 aromatic carbocycles. The van der Waals surface area contributed by atoms with Crippen molar-refractivity contribution < 1.29 is 9.90 Å². The molecule has 0 amide bonds. The maximum absolute atomic E-state index is 11.1. The molecule has 6 heteroatoms. The van der Waals surface area contributed by atoms with Crippen LogP contribution >= 0.6 is 0 Å². The number of carbonyl (C=O) groups is 1. The van der Waals surface area contributed by atoms with Crippen molar-refractivity contribution >= 4 is 16.9 Å². The SMILES string of the molecule is Cc1cnc2c(C)cc(Cn3cc(C(=O)O)c(C#N)n3)cc2c1. The van der Waals surface area contributed by atoms with Crippen molar-refractivity contribution in [3.05, 3.63) is 58.5 Å². The molecule has 2 aromatic heterocycles. The molecule has 0 aliphatic heterocycles. The number of benzene rings is 1. The van der Waals surface area contributed by atoms with Gasteiger partial charge in [-0.3, -0.25) is 9.67 Å². The third-order valence-electron chi connectivity index (χ3n) is 3.61. The van der Waals surface area contributed by atoms with Gasteiger partial charge in [0.25, 0.3) is 0 Å². The van der Waals surface area contributed by atoms with Crippen LogP contribution in [-0.4, -0.2) is 25.8 Å². The lowest BCUT2D eigenvalue weighted by molar-refractivity contribution is 0.0696. The lowest BCUT2D eigenvalue weighted by Crippen LogP contribution is -2.01. The van der Waals surface area contributed by atoms with Crippen LogP contribution in [0.1, 0.15) is 32.7 Å². The van der Waals surface area contributed by atoms with Crippen LogP contribution in [0.5, 0.6) is 0 Å². The third kappa shape index (κ3) is 2.77. The Labute approximate surface area is 132 Å². The second-order valence-electron chi connectivity index (χ2n) is 5.50. The molecule has 0 fully saturated rings. The molecule has 2 heterocycles. The average molecular weight is 306 g/mol. The summed E-state index contributed by atoms with van der Waals surface area (Å²) in [4.78, 5) is 15.5. The molecule has 3 aromatic rings. The van der Waals surface area contributed by atoms with Gasteiger partial charge in [0.05, 0.1) is 12.1 Å². The summed E-state index contributed by atoms with van der Waals surface area (Å²) in [5.74, 6) is -1.15. The minimum atomic E-state index is -1.15. The summed E-state index contributed by atoms with van der Waals surface area (Å²) in [6.45, 7) is 4.37. The van der Waals surface area contributed by atoms with E-state index in [1.807, 2.05) is 38.2 Å². The standard InChI is InChI=1S/C17H14N4O2/c1-10-3-13-5-12(4-11(2)16(13)19-7-10)8-21-9-14(17(22)23)15(6-18)20-21/h3-5,7,9H,8H2,1-2H3,(H,22,23). The molecule has 6 nitrogen and oxygen atoms in total. The number of nitrogens with zero attached hydrogens (tertiary/aromatic N) is 4. The van der Waals surface area contributed by atoms with E-state index < -0.39 is 5.97 Å². The van der Waals surface area contributed by atoms with Gasteiger partial charge in [0.1, 0.15) is 11.6 Å². The summed E-state index contributed by atoms with van der Waals surface area (Å²) in [7, 11) is 0. The normalized spacial score (nSPS) is 10.7. The molecule has 0 aliphatic carbocycles. The summed E-state index contributed by atoms with van der Waals surface area (Å²) >= 11 is 0. The monoisotopic (exact) mass is 306 g/mol. The highest BCUT2D eigenvalue weighted by atomic mass is 16.4. The van der Waals surface area contributed by atoms with Crippen molar-refractivity contribution in [1.82, 2.24) is 14.8 Å². The van der Waals surface area contributed by atoms with E-state index in [1.165, 1.54) is 10.9 Å². The summed E-state index contributed by atoms with van der Waals surface area (Å²) < 4.78 is 1.48. The lowest BCUT2D eigenvalue weighted by Gasteiger charge is -2.07. The molecule has 0 saturated heterocycles. The number of hydrogen-bond acceptors (Lipinski definition) is 4.